The second-order valence-corrected chi connectivity index (χ2v) is 6.44. The van der Waals surface area contributed by atoms with Gasteiger partial charge in [0.25, 0.3) is 0 Å². The minimum absolute atomic E-state index is 0. The Morgan fingerprint density at radius 3 is 2.44 bits per heavy atom. The van der Waals surface area contributed by atoms with E-state index in [1.807, 2.05) is 49.4 Å². The number of aryl methyl sites for hydroxylation is 1. The largest absolute Gasteiger partial charge is 0.356 e. The fourth-order valence-electron chi connectivity index (χ4n) is 3.08. The first-order valence-corrected chi connectivity index (χ1v) is 8.79. The van der Waals surface area contributed by atoms with Gasteiger partial charge in [0.15, 0.2) is 0 Å². The van der Waals surface area contributed by atoms with E-state index in [-0.39, 0.29) is 42.7 Å². The number of para-hydroxylation sites is 1. The van der Waals surface area contributed by atoms with Crippen LogP contribution in [0, 0.1) is 5.92 Å². The normalized spacial score (nSPS) is 12.5. The molecule has 2 unspecified atom stereocenters. The standard InChI is InChI=1S/C21H25N3O.2ClH/c1-16(20(22)18-9-3-2-4-10-18)21(25)23-13-7-14-24-15-12-17-8-5-6-11-19(17)24;;/h2-6,8-12,15-16,20H,7,13-14,22H2,1H3,(H,23,25);2*1H. The molecule has 0 fully saturated rings. The summed E-state index contributed by atoms with van der Waals surface area (Å²) in [5, 5.41) is 4.26. The molecule has 146 valence electrons. The molecule has 0 aliphatic carbocycles. The summed E-state index contributed by atoms with van der Waals surface area (Å²) in [6, 6.07) is 19.9. The van der Waals surface area contributed by atoms with Crippen molar-refractivity contribution < 1.29 is 4.79 Å². The van der Waals surface area contributed by atoms with Gasteiger partial charge in [-0.1, -0.05) is 55.5 Å². The third-order valence-electron chi connectivity index (χ3n) is 4.69. The van der Waals surface area contributed by atoms with Crippen LogP contribution >= 0.6 is 24.8 Å². The number of amides is 1. The Morgan fingerprint density at radius 2 is 1.70 bits per heavy atom. The van der Waals surface area contributed by atoms with Crippen molar-refractivity contribution in [1.82, 2.24) is 9.88 Å². The minimum Gasteiger partial charge on any atom is -0.356 e. The number of hydrogen-bond donors (Lipinski definition) is 2. The third-order valence-corrected chi connectivity index (χ3v) is 4.69. The van der Waals surface area contributed by atoms with Crippen LogP contribution in [0.25, 0.3) is 10.9 Å². The number of fused-ring (bicyclic) bond motifs is 1. The van der Waals surface area contributed by atoms with E-state index >= 15 is 0 Å². The van der Waals surface area contributed by atoms with E-state index in [1.165, 1.54) is 10.9 Å². The average molecular weight is 408 g/mol. The van der Waals surface area contributed by atoms with Crippen LogP contribution in [0.4, 0.5) is 0 Å². The molecule has 3 aromatic rings. The van der Waals surface area contributed by atoms with Gasteiger partial charge in [0.1, 0.15) is 0 Å². The highest BCUT2D eigenvalue weighted by molar-refractivity contribution is 5.85. The molecule has 27 heavy (non-hydrogen) atoms. The molecule has 0 saturated carbocycles. The molecule has 1 amide bonds. The number of nitrogens with two attached hydrogens (primary N) is 1. The Kier molecular flexibility index (Phi) is 9.36. The van der Waals surface area contributed by atoms with E-state index in [9.17, 15) is 4.79 Å². The lowest BCUT2D eigenvalue weighted by atomic mass is 9.95. The van der Waals surface area contributed by atoms with Crippen molar-refractivity contribution in [2.45, 2.75) is 25.9 Å². The van der Waals surface area contributed by atoms with E-state index in [4.69, 9.17) is 5.73 Å². The predicted molar refractivity (Wildman–Crippen MR) is 117 cm³/mol. The number of rotatable bonds is 7. The summed E-state index contributed by atoms with van der Waals surface area (Å²) in [6.45, 7) is 3.41. The van der Waals surface area contributed by atoms with E-state index in [0.717, 1.165) is 18.5 Å². The van der Waals surface area contributed by atoms with Crippen LogP contribution in [0.1, 0.15) is 24.9 Å². The topological polar surface area (TPSA) is 60.0 Å². The molecule has 1 aromatic heterocycles. The second kappa shape index (κ2) is 11.0. The summed E-state index contributed by atoms with van der Waals surface area (Å²) in [5.74, 6) is -0.247. The highest BCUT2D eigenvalue weighted by atomic mass is 35.5. The van der Waals surface area contributed by atoms with Crippen molar-refractivity contribution in [1.29, 1.82) is 0 Å². The van der Waals surface area contributed by atoms with E-state index in [0.29, 0.717) is 6.54 Å². The van der Waals surface area contributed by atoms with Crippen molar-refractivity contribution in [2.75, 3.05) is 6.54 Å². The fourth-order valence-corrected chi connectivity index (χ4v) is 3.08. The number of benzene rings is 2. The molecule has 1 heterocycles. The van der Waals surface area contributed by atoms with Gasteiger partial charge in [-0.2, -0.15) is 0 Å². The minimum atomic E-state index is -0.283. The van der Waals surface area contributed by atoms with Crippen LogP contribution < -0.4 is 11.1 Å². The third kappa shape index (κ3) is 5.73. The van der Waals surface area contributed by atoms with Gasteiger partial charge in [-0.05, 0) is 29.5 Å². The first kappa shape index (κ1) is 23.0. The van der Waals surface area contributed by atoms with Crippen LogP contribution in [-0.4, -0.2) is 17.0 Å². The molecule has 3 N–H and O–H groups in total. The van der Waals surface area contributed by atoms with E-state index in [2.05, 4.69) is 34.3 Å². The number of nitrogens with zero attached hydrogens (tertiary/aromatic N) is 1. The second-order valence-electron chi connectivity index (χ2n) is 6.44. The molecule has 0 bridgehead atoms. The molecule has 2 atom stereocenters. The summed E-state index contributed by atoms with van der Waals surface area (Å²) in [7, 11) is 0. The van der Waals surface area contributed by atoms with Crippen molar-refractivity contribution in [3.63, 3.8) is 0 Å². The maximum absolute atomic E-state index is 12.3. The summed E-state index contributed by atoms with van der Waals surface area (Å²) in [4.78, 5) is 12.3. The lowest BCUT2D eigenvalue weighted by molar-refractivity contribution is -0.125. The Balaban J connectivity index is 0.00000182. The molecular formula is C21H27Cl2N3O. The summed E-state index contributed by atoms with van der Waals surface area (Å²) in [5.41, 5.74) is 8.44. The van der Waals surface area contributed by atoms with Gasteiger partial charge in [0, 0.05) is 30.8 Å². The van der Waals surface area contributed by atoms with Crippen molar-refractivity contribution >= 4 is 41.6 Å². The Bertz CT molecular complexity index is 836. The van der Waals surface area contributed by atoms with E-state index < -0.39 is 0 Å². The molecule has 0 aliphatic rings. The number of nitrogens with one attached hydrogen (secondary N) is 1. The number of hydrogen-bond acceptors (Lipinski definition) is 2. The van der Waals surface area contributed by atoms with Gasteiger partial charge in [0.05, 0.1) is 5.92 Å². The Labute approximate surface area is 173 Å². The number of carbonyl (C=O) groups excluding carboxylic acids is 1. The van der Waals surface area contributed by atoms with Gasteiger partial charge in [-0.15, -0.1) is 24.8 Å². The monoisotopic (exact) mass is 407 g/mol. The number of aromatic nitrogens is 1. The zero-order valence-corrected chi connectivity index (χ0v) is 17.0. The molecule has 0 radical (unpaired) electrons. The molecule has 3 rings (SSSR count). The van der Waals surface area contributed by atoms with E-state index in [1.54, 1.807) is 0 Å². The lowest BCUT2D eigenvalue weighted by Crippen LogP contribution is -2.36. The van der Waals surface area contributed by atoms with Crippen molar-refractivity contribution in [3.8, 4) is 0 Å². The zero-order chi connectivity index (χ0) is 17.6. The molecular weight excluding hydrogens is 381 g/mol. The van der Waals surface area contributed by atoms with Gasteiger partial charge in [-0.3, -0.25) is 4.79 Å². The highest BCUT2D eigenvalue weighted by Crippen LogP contribution is 2.19. The first-order valence-electron chi connectivity index (χ1n) is 8.79. The molecule has 0 spiro atoms. The average Bonchev–Trinajstić information content (AvgIpc) is 3.07. The molecule has 0 saturated heterocycles. The van der Waals surface area contributed by atoms with Crippen LogP contribution in [0.2, 0.25) is 0 Å². The summed E-state index contributed by atoms with van der Waals surface area (Å²) >= 11 is 0. The number of halogens is 2. The highest BCUT2D eigenvalue weighted by Gasteiger charge is 2.21. The zero-order valence-electron chi connectivity index (χ0n) is 15.4. The van der Waals surface area contributed by atoms with Gasteiger partial charge >= 0.3 is 0 Å². The Morgan fingerprint density at radius 1 is 1.04 bits per heavy atom. The SMILES string of the molecule is CC(C(=O)NCCCn1ccc2ccccc21)C(N)c1ccccc1.Cl.Cl. The molecule has 4 nitrogen and oxygen atoms in total. The summed E-state index contributed by atoms with van der Waals surface area (Å²) < 4.78 is 2.22. The maximum Gasteiger partial charge on any atom is 0.224 e. The van der Waals surface area contributed by atoms with Crippen LogP contribution in [0.3, 0.4) is 0 Å². The van der Waals surface area contributed by atoms with Gasteiger partial charge < -0.3 is 15.6 Å². The molecule has 6 heteroatoms. The van der Waals surface area contributed by atoms with Crippen molar-refractivity contribution in [3.05, 3.63) is 72.4 Å². The maximum atomic E-state index is 12.3. The first-order chi connectivity index (χ1) is 12.2. The quantitative estimate of drug-likeness (QED) is 0.572. The molecule has 2 aromatic carbocycles. The summed E-state index contributed by atoms with van der Waals surface area (Å²) in [6.07, 6.45) is 2.98. The number of carbonyl (C=O) groups is 1. The lowest BCUT2D eigenvalue weighted by Gasteiger charge is -2.20. The fraction of sp³-hybridized carbons (Fsp3) is 0.286. The molecule has 0 aliphatic heterocycles. The van der Waals surface area contributed by atoms with Crippen LogP contribution in [0.15, 0.2) is 66.9 Å². The van der Waals surface area contributed by atoms with Crippen LogP contribution in [0.5, 0.6) is 0 Å². The smallest absolute Gasteiger partial charge is 0.224 e. The van der Waals surface area contributed by atoms with Crippen LogP contribution in [-0.2, 0) is 11.3 Å². The van der Waals surface area contributed by atoms with Crippen molar-refractivity contribution in [2.24, 2.45) is 11.7 Å². The predicted octanol–water partition coefficient (Wildman–Crippen LogP) is 4.33. The van der Waals surface area contributed by atoms with Gasteiger partial charge in [-0.25, -0.2) is 0 Å². The Hall–Kier alpha value is -2.01. The van der Waals surface area contributed by atoms with Gasteiger partial charge in [0.2, 0.25) is 5.91 Å².